The van der Waals surface area contributed by atoms with Crippen LogP contribution >= 0.6 is 0 Å². The van der Waals surface area contributed by atoms with Crippen molar-refractivity contribution in [2.75, 3.05) is 0 Å². The second kappa shape index (κ2) is 38.3. The van der Waals surface area contributed by atoms with Gasteiger partial charge in [-0.2, -0.15) is 0 Å². The monoisotopic (exact) mass is 1610 g/mol. The fourth-order valence-electron chi connectivity index (χ4n) is 20.8. The van der Waals surface area contributed by atoms with Crippen LogP contribution in [0, 0.1) is 86.8 Å². The first-order valence-corrected chi connectivity index (χ1v) is 47.6. The van der Waals surface area contributed by atoms with Gasteiger partial charge in [0.25, 0.3) is 0 Å². The molecule has 0 bridgehead atoms. The molecule has 6 aromatic carbocycles. The highest BCUT2D eigenvalue weighted by Gasteiger charge is 2.41. The first-order valence-electron chi connectivity index (χ1n) is 47.6. The Labute approximate surface area is 730 Å². The van der Waals surface area contributed by atoms with E-state index in [0.717, 1.165) is 70.0 Å². The molecule has 648 valence electrons. The van der Waals surface area contributed by atoms with Crippen LogP contribution in [0.2, 0.25) is 0 Å². The highest BCUT2D eigenvalue weighted by Crippen LogP contribution is 2.54. The van der Waals surface area contributed by atoms with E-state index in [-0.39, 0.29) is 38.8 Å². The average molecular weight is 1610 g/mol. The third kappa shape index (κ3) is 24.3. The van der Waals surface area contributed by atoms with Crippen molar-refractivity contribution in [1.29, 1.82) is 0 Å². The van der Waals surface area contributed by atoms with E-state index in [2.05, 4.69) is 325 Å². The summed E-state index contributed by atoms with van der Waals surface area (Å²) in [7, 11) is 0. The van der Waals surface area contributed by atoms with Crippen molar-refractivity contribution >= 4 is 0 Å². The van der Waals surface area contributed by atoms with Crippen molar-refractivity contribution in [1.82, 2.24) is 9.97 Å². The second-order valence-corrected chi connectivity index (χ2v) is 46.4. The highest BCUT2D eigenvalue weighted by molar-refractivity contribution is 5.71. The summed E-state index contributed by atoms with van der Waals surface area (Å²) in [6.45, 7) is 80.9. The van der Waals surface area contributed by atoms with E-state index in [1.165, 1.54) is 158 Å². The van der Waals surface area contributed by atoms with Gasteiger partial charge in [0.2, 0.25) is 0 Å². The Bertz CT molecular complexity index is 4600. The van der Waals surface area contributed by atoms with Gasteiger partial charge >= 0.3 is 0 Å². The molecule has 0 N–H and O–H groups in total. The normalized spacial score (nSPS) is 17.8. The molecule has 6 unspecified atom stereocenters. The van der Waals surface area contributed by atoms with E-state index in [1.807, 2.05) is 18.5 Å². The topological polar surface area (TPSA) is 25.8 Å². The zero-order valence-electron chi connectivity index (χ0n) is 82.4. The van der Waals surface area contributed by atoms with Gasteiger partial charge in [-0.1, -0.05) is 299 Å². The first-order chi connectivity index (χ1) is 55.2. The van der Waals surface area contributed by atoms with Crippen LogP contribution in [0.3, 0.4) is 0 Å². The van der Waals surface area contributed by atoms with E-state index in [4.69, 9.17) is 12.8 Å². The summed E-state index contributed by atoms with van der Waals surface area (Å²) in [6, 6.07) is 25.7. The van der Waals surface area contributed by atoms with Gasteiger partial charge in [-0.15, -0.1) is 12.8 Å². The molecule has 1 heterocycles. The summed E-state index contributed by atoms with van der Waals surface area (Å²) in [5, 5.41) is 0. The number of nitrogens with zero attached hydrogens (tertiary/aromatic N) is 2. The predicted molar refractivity (Wildman–Crippen MR) is 517 cm³/mol. The largest absolute Gasteiger partial charge is 0.244 e. The molecule has 3 heteroatoms. The number of rotatable bonds is 17. The molecular formula is C116H167FN2. The number of hydrogen-bond donors (Lipinski definition) is 0. The maximum Gasteiger partial charge on any atom is 0.142 e. The molecule has 119 heavy (non-hydrogen) atoms. The fourth-order valence-corrected chi connectivity index (χ4v) is 20.8. The number of aryl methyl sites for hydroxylation is 4. The molecule has 0 saturated heterocycles. The molecular weight excluding hydrogens is 1440 g/mol. The van der Waals surface area contributed by atoms with Crippen LogP contribution < -0.4 is 0 Å². The summed E-state index contributed by atoms with van der Waals surface area (Å²) in [5.41, 5.74) is 36.1. The molecule has 0 aliphatic heterocycles. The van der Waals surface area contributed by atoms with Crippen molar-refractivity contribution in [3.05, 3.63) is 219 Å². The number of hydrogen-bond acceptors (Lipinski definition) is 2. The van der Waals surface area contributed by atoms with Crippen molar-refractivity contribution < 1.29 is 4.39 Å². The van der Waals surface area contributed by atoms with E-state index in [9.17, 15) is 4.39 Å². The van der Waals surface area contributed by atoms with Gasteiger partial charge < -0.3 is 0 Å². The van der Waals surface area contributed by atoms with E-state index in [0.29, 0.717) is 46.5 Å². The van der Waals surface area contributed by atoms with Crippen LogP contribution in [-0.4, -0.2) is 9.97 Å². The van der Waals surface area contributed by atoms with Crippen LogP contribution in [0.1, 0.15) is 492 Å². The maximum atomic E-state index is 14.8. The Morgan fingerprint density at radius 1 is 0.336 bits per heavy atom. The molecule has 0 amide bonds. The lowest BCUT2D eigenvalue weighted by atomic mass is 9.73. The highest BCUT2D eigenvalue weighted by atomic mass is 19.1. The minimum atomic E-state index is -0.191. The average Bonchev–Trinajstić information content (AvgIpc) is 1.54. The van der Waals surface area contributed by atoms with Gasteiger partial charge in [-0.25, -0.2) is 14.4 Å². The third-order valence-electron chi connectivity index (χ3n) is 27.9. The van der Waals surface area contributed by atoms with Crippen LogP contribution in [0.25, 0.3) is 11.1 Å². The van der Waals surface area contributed by atoms with Crippen LogP contribution in [0.15, 0.2) is 85.5 Å². The quantitative estimate of drug-likeness (QED) is 0.0849. The van der Waals surface area contributed by atoms with Crippen LogP contribution in [0.4, 0.5) is 4.39 Å². The first kappa shape index (κ1) is 96.3. The molecule has 7 aliphatic carbocycles. The molecule has 7 aliphatic rings. The van der Waals surface area contributed by atoms with Crippen molar-refractivity contribution in [2.24, 2.45) is 35.5 Å². The number of halogens is 1. The van der Waals surface area contributed by atoms with Gasteiger partial charge in [-0.3, -0.25) is 0 Å². The molecule has 0 spiro atoms. The van der Waals surface area contributed by atoms with Crippen LogP contribution in [0.5, 0.6) is 0 Å². The Hall–Kier alpha value is -6.55. The number of benzene rings is 6. The van der Waals surface area contributed by atoms with Gasteiger partial charge in [0, 0.05) is 23.5 Å². The van der Waals surface area contributed by atoms with E-state index >= 15 is 0 Å². The lowest BCUT2D eigenvalue weighted by molar-refractivity contribution is 0.523. The number of fused-ring (bicyclic) bond motifs is 1. The van der Waals surface area contributed by atoms with Gasteiger partial charge in [0.15, 0.2) is 0 Å². The van der Waals surface area contributed by atoms with Crippen molar-refractivity contribution in [3.8, 4) is 35.8 Å². The molecule has 7 aromatic rings. The Kier molecular flexibility index (Phi) is 31.0. The summed E-state index contributed by atoms with van der Waals surface area (Å²) in [6.07, 6.45) is 37.4. The third-order valence-corrected chi connectivity index (χ3v) is 27.9. The molecule has 6 fully saturated rings. The summed E-state index contributed by atoms with van der Waals surface area (Å²) < 4.78 is 14.8. The zero-order valence-corrected chi connectivity index (χ0v) is 82.4. The molecule has 2 nitrogen and oxygen atoms in total. The lowest BCUT2D eigenvalue weighted by Crippen LogP contribution is -2.21. The predicted octanol–water partition coefficient (Wildman–Crippen LogP) is 33.5. The molecule has 6 saturated carbocycles. The van der Waals surface area contributed by atoms with Gasteiger partial charge in [0.1, 0.15) is 12.1 Å². The smallest absolute Gasteiger partial charge is 0.142 e. The summed E-state index contributed by atoms with van der Waals surface area (Å²) in [5.74, 6) is 16.3. The maximum absolute atomic E-state index is 14.8. The standard InChI is InChI=1S/C20H27F.C20H26N2.C20H28.2C19H30.C18H26/c1-8-14-11-16(13(4)15-9-10-15)18(20(5,6)7)17(12(2)3)19(14)21;1-13-8-17(14(2)15-6-7-15)19(20(3,4)5)18(9-13)16-10-21-12-22-11-16;1-8-15-11-17(13(2)3)19(20(5,6)7)18(12-15)14(4)16-9-10-16;2*1-12(2)16-10-13(3)11-17(14(4)15-8-9-15)18(16)19(5,6)7;1-12(13-8-9-13)15-11-10-14-6-5-7-16(14)17(15)18(2,3)4/h1,11-13,15H,9-10H2,2-7H3;8-12,14-15H,6-7H2,1-5H3;1,11-14,16H,9-10H2,2-7H3;2*10-12,14-15H,8-9H2,1-7H3;10-13H,5-9H2,1-4H3. The van der Waals surface area contributed by atoms with E-state index in [1.54, 1.807) is 62.0 Å². The Morgan fingerprint density at radius 3 is 0.958 bits per heavy atom. The van der Waals surface area contributed by atoms with Crippen LogP contribution in [-0.2, 0) is 45.3 Å². The zero-order chi connectivity index (χ0) is 88.6. The van der Waals surface area contributed by atoms with Gasteiger partial charge in [-0.05, 0) is 368 Å². The van der Waals surface area contributed by atoms with Crippen molar-refractivity contribution in [2.45, 2.75) is 430 Å². The minimum Gasteiger partial charge on any atom is -0.244 e. The SMILES string of the molecule is C#Cc1cc(C(C)C)c(C(C)(C)C)c(C(C)C2CC2)c1.C#Cc1cc(C(C)C2CC2)c(C(C)(C)C)c(C(C)C)c1F.CC(c1ccc2c(c1C(C)(C)C)CCC2)C1CC1.Cc1cc(-c2cncnc2)c(C(C)(C)C)c(C(C)C2CC2)c1.Cc1cc(C(C)C)c(C(C)(C)C)c(C(C)C2CC2)c1.Cc1cc(C(C)C)c(C(C)(C)C)c(C(C)C2CC2)c1. The molecule has 14 rings (SSSR count). The summed E-state index contributed by atoms with van der Waals surface area (Å²) >= 11 is 0. The molecule has 6 atom stereocenters. The Morgan fingerprint density at radius 2 is 0.639 bits per heavy atom. The minimum absolute atomic E-state index is 0.0773. The summed E-state index contributed by atoms with van der Waals surface area (Å²) in [4.78, 5) is 8.45. The number of aromatic nitrogens is 2. The molecule has 1 aromatic heterocycles. The Balaban J connectivity index is 0.000000163. The second-order valence-electron chi connectivity index (χ2n) is 46.4. The van der Waals surface area contributed by atoms with E-state index < -0.39 is 0 Å². The number of terminal acetylenes is 2. The lowest BCUT2D eigenvalue weighted by Gasteiger charge is -2.31. The van der Waals surface area contributed by atoms with Crippen molar-refractivity contribution in [3.63, 3.8) is 0 Å². The fraction of sp³-hybridized carbons (Fsp3) is 0.621. The van der Waals surface area contributed by atoms with Gasteiger partial charge in [0.05, 0.1) is 5.56 Å². The molecule has 0 radical (unpaired) electrons.